The Labute approximate surface area is 86.7 Å². The van der Waals surface area contributed by atoms with Crippen LogP contribution in [0.1, 0.15) is 36.1 Å². The molecule has 0 heterocycles. The normalized spacial score (nSPS) is 20.3. The van der Waals surface area contributed by atoms with E-state index in [0.29, 0.717) is 5.92 Å². The molecule has 0 aliphatic heterocycles. The van der Waals surface area contributed by atoms with Gasteiger partial charge in [-0.05, 0) is 55.4 Å². The molecule has 2 rings (SSSR count). The Morgan fingerprint density at radius 3 is 2.43 bits per heavy atom. The third-order valence-corrected chi connectivity index (χ3v) is 3.44. The highest BCUT2D eigenvalue weighted by molar-refractivity contribution is 5.61. The summed E-state index contributed by atoms with van der Waals surface area (Å²) in [4.78, 5) is 0. The van der Waals surface area contributed by atoms with Crippen LogP contribution in [0.4, 0.5) is 0 Å². The van der Waals surface area contributed by atoms with Crippen molar-refractivity contribution in [2.45, 2.75) is 34.1 Å². The first-order valence-corrected chi connectivity index (χ1v) is 5.36. The van der Waals surface area contributed by atoms with Crippen LogP contribution in [0.25, 0.3) is 6.08 Å². The number of benzene rings is 1. The van der Waals surface area contributed by atoms with Crippen LogP contribution >= 0.6 is 0 Å². The maximum Gasteiger partial charge on any atom is -0.0190 e. The van der Waals surface area contributed by atoms with Crippen LogP contribution in [0.15, 0.2) is 17.7 Å². The van der Waals surface area contributed by atoms with Crippen LogP contribution in [0.2, 0.25) is 0 Å². The van der Waals surface area contributed by atoms with E-state index < -0.39 is 0 Å². The molecule has 0 nitrogen and oxygen atoms in total. The zero-order valence-corrected chi connectivity index (χ0v) is 9.52. The Hall–Kier alpha value is -1.04. The lowest BCUT2D eigenvalue weighted by Gasteiger charge is -2.21. The van der Waals surface area contributed by atoms with E-state index in [1.54, 1.807) is 0 Å². The van der Waals surface area contributed by atoms with Gasteiger partial charge in [-0.3, -0.25) is 0 Å². The molecule has 0 saturated heterocycles. The van der Waals surface area contributed by atoms with E-state index in [9.17, 15) is 0 Å². The van der Waals surface area contributed by atoms with Gasteiger partial charge in [0.1, 0.15) is 0 Å². The van der Waals surface area contributed by atoms with Crippen molar-refractivity contribution in [3.63, 3.8) is 0 Å². The minimum Gasteiger partial charge on any atom is -0.0696 e. The summed E-state index contributed by atoms with van der Waals surface area (Å²) in [7, 11) is 0. The molecule has 1 unspecified atom stereocenters. The lowest BCUT2D eigenvalue weighted by molar-refractivity contribution is 0.671. The summed E-state index contributed by atoms with van der Waals surface area (Å²) in [6.07, 6.45) is 3.55. The van der Waals surface area contributed by atoms with Gasteiger partial charge in [0.25, 0.3) is 0 Å². The molecule has 74 valence electrons. The van der Waals surface area contributed by atoms with Crippen molar-refractivity contribution in [2.24, 2.45) is 5.92 Å². The number of hydrogen-bond donors (Lipinski definition) is 0. The van der Waals surface area contributed by atoms with Crippen LogP contribution in [0.5, 0.6) is 0 Å². The summed E-state index contributed by atoms with van der Waals surface area (Å²) < 4.78 is 0. The number of rotatable bonds is 0. The fourth-order valence-corrected chi connectivity index (χ4v) is 2.09. The average molecular weight is 186 g/mol. The van der Waals surface area contributed by atoms with Gasteiger partial charge in [-0.1, -0.05) is 30.7 Å². The number of fused-ring (bicyclic) bond motifs is 1. The van der Waals surface area contributed by atoms with E-state index in [-0.39, 0.29) is 0 Å². The molecule has 0 spiro atoms. The van der Waals surface area contributed by atoms with Crippen LogP contribution in [0, 0.1) is 19.8 Å². The molecular formula is C14H18. The van der Waals surface area contributed by atoms with Crippen molar-refractivity contribution in [3.8, 4) is 0 Å². The number of aryl methyl sites for hydroxylation is 2. The largest absolute Gasteiger partial charge is 0.0696 e. The first kappa shape index (κ1) is 9.51. The maximum absolute atomic E-state index is 2.35. The lowest BCUT2D eigenvalue weighted by Crippen LogP contribution is -2.08. The smallest absolute Gasteiger partial charge is 0.0190 e. The molecule has 14 heavy (non-hydrogen) atoms. The Kier molecular flexibility index (Phi) is 2.22. The molecule has 0 amide bonds. The quantitative estimate of drug-likeness (QED) is 0.576. The zero-order chi connectivity index (χ0) is 10.3. The SMILES string of the molecule is CC1=Cc2cc(C)c(C)cc2CC1C. The van der Waals surface area contributed by atoms with Crippen molar-refractivity contribution < 1.29 is 0 Å². The third kappa shape index (κ3) is 1.50. The van der Waals surface area contributed by atoms with Gasteiger partial charge < -0.3 is 0 Å². The molecule has 0 saturated carbocycles. The molecule has 0 fully saturated rings. The van der Waals surface area contributed by atoms with Crippen molar-refractivity contribution in [1.29, 1.82) is 0 Å². The summed E-state index contributed by atoms with van der Waals surface area (Å²) in [6.45, 7) is 8.94. The van der Waals surface area contributed by atoms with Gasteiger partial charge in [-0.2, -0.15) is 0 Å². The maximum atomic E-state index is 2.35. The van der Waals surface area contributed by atoms with Crippen LogP contribution < -0.4 is 0 Å². The second kappa shape index (κ2) is 3.27. The predicted molar refractivity (Wildman–Crippen MR) is 62.4 cm³/mol. The second-order valence-electron chi connectivity index (χ2n) is 4.63. The van der Waals surface area contributed by atoms with E-state index >= 15 is 0 Å². The fraction of sp³-hybridized carbons (Fsp3) is 0.429. The summed E-state index contributed by atoms with van der Waals surface area (Å²) >= 11 is 0. The van der Waals surface area contributed by atoms with E-state index in [0.717, 1.165) is 0 Å². The standard InChI is InChI=1S/C14H18/c1-9-5-13-7-11(3)12(4)8-14(13)6-10(9)2/h5-7,12H,8H2,1-4H3. The lowest BCUT2D eigenvalue weighted by atomic mass is 9.84. The van der Waals surface area contributed by atoms with Gasteiger partial charge in [0, 0.05) is 0 Å². The molecule has 1 aromatic carbocycles. The summed E-state index contributed by atoms with van der Waals surface area (Å²) in [5, 5.41) is 0. The Balaban J connectivity index is 2.55. The average Bonchev–Trinajstić information content (AvgIpc) is 2.11. The fourth-order valence-electron chi connectivity index (χ4n) is 2.09. The van der Waals surface area contributed by atoms with Crippen molar-refractivity contribution in [2.75, 3.05) is 0 Å². The van der Waals surface area contributed by atoms with E-state index in [1.807, 2.05) is 0 Å². The van der Waals surface area contributed by atoms with E-state index in [1.165, 1.54) is 34.2 Å². The summed E-state index contributed by atoms with van der Waals surface area (Å²) in [5.74, 6) is 0.713. The molecule has 0 aromatic heterocycles. The monoisotopic (exact) mass is 186 g/mol. The van der Waals surface area contributed by atoms with E-state index in [2.05, 4.69) is 45.9 Å². The summed E-state index contributed by atoms with van der Waals surface area (Å²) in [5.41, 5.74) is 7.29. The van der Waals surface area contributed by atoms with Gasteiger partial charge in [0.15, 0.2) is 0 Å². The van der Waals surface area contributed by atoms with Gasteiger partial charge in [0.05, 0.1) is 0 Å². The van der Waals surface area contributed by atoms with Gasteiger partial charge >= 0.3 is 0 Å². The molecule has 1 aliphatic carbocycles. The summed E-state index contributed by atoms with van der Waals surface area (Å²) in [6, 6.07) is 4.67. The van der Waals surface area contributed by atoms with Crippen LogP contribution in [-0.4, -0.2) is 0 Å². The number of hydrogen-bond acceptors (Lipinski definition) is 0. The van der Waals surface area contributed by atoms with Gasteiger partial charge in [-0.25, -0.2) is 0 Å². The second-order valence-corrected chi connectivity index (χ2v) is 4.63. The Bertz CT molecular complexity index is 397. The van der Waals surface area contributed by atoms with Crippen LogP contribution in [0.3, 0.4) is 0 Å². The predicted octanol–water partition coefficient (Wildman–Crippen LogP) is 3.90. The molecule has 0 heteroatoms. The molecule has 0 radical (unpaired) electrons. The van der Waals surface area contributed by atoms with Crippen molar-refractivity contribution >= 4 is 6.08 Å². The topological polar surface area (TPSA) is 0 Å². The minimum absolute atomic E-state index is 0.713. The first-order chi connectivity index (χ1) is 6.58. The van der Waals surface area contributed by atoms with Crippen molar-refractivity contribution in [1.82, 2.24) is 0 Å². The molecule has 0 bridgehead atoms. The highest BCUT2D eigenvalue weighted by Crippen LogP contribution is 2.29. The Morgan fingerprint density at radius 2 is 1.71 bits per heavy atom. The highest BCUT2D eigenvalue weighted by atomic mass is 14.2. The molecule has 1 aliphatic rings. The van der Waals surface area contributed by atoms with E-state index in [4.69, 9.17) is 0 Å². The number of allylic oxidation sites excluding steroid dienone is 1. The molecule has 1 aromatic rings. The molecule has 0 N–H and O–H groups in total. The van der Waals surface area contributed by atoms with Gasteiger partial charge in [-0.15, -0.1) is 0 Å². The highest BCUT2D eigenvalue weighted by Gasteiger charge is 2.15. The molecule has 1 atom stereocenters. The Morgan fingerprint density at radius 1 is 1.07 bits per heavy atom. The minimum atomic E-state index is 0.713. The zero-order valence-electron chi connectivity index (χ0n) is 9.52. The van der Waals surface area contributed by atoms with Crippen molar-refractivity contribution in [3.05, 3.63) is 40.0 Å². The first-order valence-electron chi connectivity index (χ1n) is 5.36. The third-order valence-electron chi connectivity index (χ3n) is 3.44. The molecular weight excluding hydrogens is 168 g/mol. The van der Waals surface area contributed by atoms with Gasteiger partial charge in [0.2, 0.25) is 0 Å². The van der Waals surface area contributed by atoms with Crippen LogP contribution in [-0.2, 0) is 6.42 Å².